The van der Waals surface area contributed by atoms with Crippen LogP contribution >= 0.6 is 0 Å². The van der Waals surface area contributed by atoms with Crippen LogP contribution in [-0.2, 0) is 33.4 Å². The minimum Gasteiger partial charge on any atom is -0.461 e. The highest BCUT2D eigenvalue weighted by Gasteiger charge is 2.38. The molecule has 0 aliphatic carbocycles. The number of allylic oxidation sites excluding steroid dienone is 2. The van der Waals surface area contributed by atoms with Gasteiger partial charge in [-0.1, -0.05) is 31.4 Å². The van der Waals surface area contributed by atoms with Gasteiger partial charge in [0.05, 0.1) is 32.3 Å². The maximum absolute atomic E-state index is 12.6. The SMILES string of the molecule is C=C/C=C\C(=C)COC(=O)CC(NC(=O)C(N)CCCCNC(=O)C(F)(F)F)C(=O)NCCOCCOC. The van der Waals surface area contributed by atoms with E-state index in [1.165, 1.54) is 13.2 Å². The first-order valence-electron chi connectivity index (χ1n) is 11.8. The Hall–Kier alpha value is -3.23. The number of ether oxygens (including phenoxy) is 3. The molecule has 3 amide bonds. The van der Waals surface area contributed by atoms with E-state index in [1.807, 2.05) is 0 Å². The largest absolute Gasteiger partial charge is 0.471 e. The number of unbranched alkanes of at least 4 members (excludes halogenated alkanes) is 1. The molecule has 0 aromatic heterocycles. The van der Waals surface area contributed by atoms with Gasteiger partial charge in [-0.3, -0.25) is 19.2 Å². The third kappa shape index (κ3) is 17.3. The molecule has 216 valence electrons. The zero-order valence-corrected chi connectivity index (χ0v) is 21.4. The Morgan fingerprint density at radius 2 is 1.74 bits per heavy atom. The third-order valence-electron chi connectivity index (χ3n) is 4.69. The van der Waals surface area contributed by atoms with Gasteiger partial charge >= 0.3 is 18.1 Å². The van der Waals surface area contributed by atoms with Crippen LogP contribution in [0.3, 0.4) is 0 Å². The van der Waals surface area contributed by atoms with Crippen molar-refractivity contribution in [1.82, 2.24) is 16.0 Å². The first-order valence-corrected chi connectivity index (χ1v) is 11.8. The second kappa shape index (κ2) is 19.8. The molecule has 2 unspecified atom stereocenters. The van der Waals surface area contributed by atoms with E-state index >= 15 is 0 Å². The maximum atomic E-state index is 12.6. The Morgan fingerprint density at radius 1 is 1.03 bits per heavy atom. The molecule has 5 N–H and O–H groups in total. The molecule has 0 spiro atoms. The summed E-state index contributed by atoms with van der Waals surface area (Å²) >= 11 is 0. The summed E-state index contributed by atoms with van der Waals surface area (Å²) < 4.78 is 51.7. The number of nitrogens with two attached hydrogens (primary N) is 1. The number of esters is 1. The second-order valence-electron chi connectivity index (χ2n) is 7.93. The molecule has 14 heteroatoms. The molecule has 0 saturated heterocycles. The average Bonchev–Trinajstić information content (AvgIpc) is 2.86. The van der Waals surface area contributed by atoms with Gasteiger partial charge in [0, 0.05) is 20.2 Å². The van der Waals surface area contributed by atoms with Crippen LogP contribution in [0.15, 0.2) is 37.0 Å². The summed E-state index contributed by atoms with van der Waals surface area (Å²) in [5.41, 5.74) is 6.31. The number of hydrogen-bond donors (Lipinski definition) is 4. The molecule has 0 aromatic rings. The smallest absolute Gasteiger partial charge is 0.461 e. The number of rotatable bonds is 20. The zero-order chi connectivity index (χ0) is 29.0. The summed E-state index contributed by atoms with van der Waals surface area (Å²) in [7, 11) is 1.51. The van der Waals surface area contributed by atoms with E-state index < -0.39 is 48.4 Å². The fraction of sp³-hybridized carbons (Fsp3) is 0.583. The lowest BCUT2D eigenvalue weighted by molar-refractivity contribution is -0.173. The summed E-state index contributed by atoms with van der Waals surface area (Å²) in [5.74, 6) is -4.24. The number of amides is 3. The quantitative estimate of drug-likeness (QED) is 0.0978. The second-order valence-corrected chi connectivity index (χ2v) is 7.93. The van der Waals surface area contributed by atoms with E-state index in [0.29, 0.717) is 18.8 Å². The Kier molecular flexibility index (Phi) is 18.1. The zero-order valence-electron chi connectivity index (χ0n) is 21.4. The topological polar surface area (TPSA) is 158 Å². The highest BCUT2D eigenvalue weighted by atomic mass is 19.4. The summed E-state index contributed by atoms with van der Waals surface area (Å²) in [6, 6.07) is -2.41. The molecule has 0 aliphatic rings. The van der Waals surface area contributed by atoms with Crippen LogP contribution in [0, 0.1) is 0 Å². The molecule has 0 fully saturated rings. The molecule has 0 radical (unpaired) electrons. The van der Waals surface area contributed by atoms with Crippen molar-refractivity contribution in [3.8, 4) is 0 Å². The van der Waals surface area contributed by atoms with Gasteiger partial charge < -0.3 is 35.9 Å². The van der Waals surface area contributed by atoms with Gasteiger partial charge in [0.1, 0.15) is 12.6 Å². The third-order valence-corrected chi connectivity index (χ3v) is 4.69. The van der Waals surface area contributed by atoms with Crippen molar-refractivity contribution >= 4 is 23.7 Å². The number of carbonyl (C=O) groups is 4. The number of alkyl halides is 3. The lowest BCUT2D eigenvalue weighted by Crippen LogP contribution is -2.52. The Labute approximate surface area is 220 Å². The van der Waals surface area contributed by atoms with Crippen LogP contribution in [0.4, 0.5) is 13.2 Å². The molecule has 0 bridgehead atoms. The van der Waals surface area contributed by atoms with Crippen molar-refractivity contribution < 1.29 is 46.6 Å². The minimum absolute atomic E-state index is 0.0648. The van der Waals surface area contributed by atoms with Crippen molar-refractivity contribution in [2.45, 2.75) is 43.9 Å². The van der Waals surface area contributed by atoms with Crippen molar-refractivity contribution in [2.24, 2.45) is 5.73 Å². The van der Waals surface area contributed by atoms with Gasteiger partial charge in [0.25, 0.3) is 0 Å². The molecule has 2 atom stereocenters. The number of methoxy groups -OCH3 is 1. The molecular weight excluding hydrogens is 513 g/mol. The lowest BCUT2D eigenvalue weighted by Gasteiger charge is -2.20. The predicted octanol–water partition coefficient (Wildman–Crippen LogP) is 0.658. The Morgan fingerprint density at radius 3 is 2.37 bits per heavy atom. The van der Waals surface area contributed by atoms with E-state index in [9.17, 15) is 32.3 Å². The summed E-state index contributed by atoms with van der Waals surface area (Å²) in [4.78, 5) is 48.2. The van der Waals surface area contributed by atoms with Crippen molar-refractivity contribution in [3.05, 3.63) is 37.0 Å². The molecule has 0 aromatic carbocycles. The monoisotopic (exact) mass is 550 g/mol. The summed E-state index contributed by atoms with van der Waals surface area (Å²) in [5, 5.41) is 6.67. The van der Waals surface area contributed by atoms with Crippen LogP contribution < -0.4 is 21.7 Å². The molecule has 38 heavy (non-hydrogen) atoms. The normalized spacial score (nSPS) is 12.9. The standard InChI is InChI=1S/C24H37F3N4O7/c1-4-5-8-17(2)16-38-20(32)15-19(22(34)29-11-12-37-14-13-36-3)31-21(33)18(28)9-6-7-10-30-23(35)24(25,26)27/h4-5,8,18-19H,1-2,6-7,9-16,28H2,3H3,(H,29,34)(H,30,35)(H,31,33)/b8-5-. The van der Waals surface area contributed by atoms with Gasteiger partial charge in [-0.2, -0.15) is 13.2 Å². The van der Waals surface area contributed by atoms with Crippen molar-refractivity contribution in [3.63, 3.8) is 0 Å². The molecule has 0 heterocycles. The van der Waals surface area contributed by atoms with Gasteiger partial charge in [0.15, 0.2) is 0 Å². The maximum Gasteiger partial charge on any atom is 0.471 e. The lowest BCUT2D eigenvalue weighted by atomic mass is 10.1. The van der Waals surface area contributed by atoms with E-state index in [4.69, 9.17) is 19.9 Å². The fourth-order valence-electron chi connectivity index (χ4n) is 2.68. The number of hydrogen-bond acceptors (Lipinski definition) is 8. The minimum atomic E-state index is -4.97. The van der Waals surface area contributed by atoms with E-state index in [1.54, 1.807) is 17.5 Å². The van der Waals surface area contributed by atoms with Crippen LogP contribution in [0.25, 0.3) is 0 Å². The highest BCUT2D eigenvalue weighted by molar-refractivity contribution is 5.92. The first-order chi connectivity index (χ1) is 17.9. The number of nitrogens with one attached hydrogen (secondary N) is 3. The molecule has 11 nitrogen and oxygen atoms in total. The summed E-state index contributed by atoms with van der Waals surface area (Å²) in [6.07, 6.45) is -0.318. The summed E-state index contributed by atoms with van der Waals surface area (Å²) in [6.45, 7) is 7.79. The number of carbonyl (C=O) groups excluding carboxylic acids is 4. The first kappa shape index (κ1) is 34.8. The van der Waals surface area contributed by atoms with E-state index in [-0.39, 0.29) is 45.6 Å². The van der Waals surface area contributed by atoms with Crippen molar-refractivity contribution in [1.29, 1.82) is 0 Å². The molecule has 0 saturated carbocycles. The number of halogens is 3. The van der Waals surface area contributed by atoms with Crippen LogP contribution in [0.2, 0.25) is 0 Å². The molecule has 0 aliphatic heterocycles. The van der Waals surface area contributed by atoms with Gasteiger partial charge in [-0.25, -0.2) is 0 Å². The molecular formula is C24H37F3N4O7. The van der Waals surface area contributed by atoms with Crippen LogP contribution in [0.5, 0.6) is 0 Å². The van der Waals surface area contributed by atoms with Crippen molar-refractivity contribution in [2.75, 3.05) is 46.6 Å². The predicted molar refractivity (Wildman–Crippen MR) is 133 cm³/mol. The van der Waals surface area contributed by atoms with E-state index in [0.717, 1.165) is 0 Å². The van der Waals surface area contributed by atoms with Crippen LogP contribution in [0.1, 0.15) is 25.7 Å². The van der Waals surface area contributed by atoms with Gasteiger partial charge in [-0.05, 0) is 24.8 Å². The fourth-order valence-corrected chi connectivity index (χ4v) is 2.68. The Bertz CT molecular complexity index is 819. The highest BCUT2D eigenvalue weighted by Crippen LogP contribution is 2.14. The van der Waals surface area contributed by atoms with E-state index in [2.05, 4.69) is 23.8 Å². The van der Waals surface area contributed by atoms with Gasteiger partial charge in [-0.15, -0.1) is 0 Å². The molecule has 0 rings (SSSR count). The van der Waals surface area contributed by atoms with Gasteiger partial charge in [0.2, 0.25) is 11.8 Å². The average molecular weight is 551 g/mol. The Balaban J connectivity index is 4.84. The van der Waals surface area contributed by atoms with Crippen LogP contribution in [-0.4, -0.2) is 88.6 Å².